The van der Waals surface area contributed by atoms with Crippen LogP contribution in [0.2, 0.25) is 0 Å². The fourth-order valence-corrected chi connectivity index (χ4v) is 2.44. The average Bonchev–Trinajstić information content (AvgIpc) is 3.22. The molecule has 1 aliphatic rings. The minimum absolute atomic E-state index is 0.177. The number of rotatable bonds is 4. The van der Waals surface area contributed by atoms with Crippen molar-refractivity contribution in [1.29, 1.82) is 0 Å². The topological polar surface area (TPSA) is 12.0 Å². The highest BCUT2D eigenvalue weighted by Crippen LogP contribution is 2.41. The predicted octanol–water partition coefficient (Wildman–Crippen LogP) is 4.62. The molecule has 1 saturated carbocycles. The average molecular weight is 255 g/mol. The number of benzene rings is 2. The summed E-state index contributed by atoms with van der Waals surface area (Å²) in [7, 11) is 0. The van der Waals surface area contributed by atoms with Crippen LogP contribution in [-0.2, 0) is 6.54 Å². The Kier molecular flexibility index (Phi) is 3.24. The molecule has 98 valence electrons. The van der Waals surface area contributed by atoms with E-state index in [1.54, 1.807) is 6.07 Å². The lowest BCUT2D eigenvalue weighted by Gasteiger charge is -2.12. The zero-order chi connectivity index (χ0) is 13.2. The molecule has 1 N–H and O–H groups in total. The zero-order valence-corrected chi connectivity index (χ0v) is 11.1. The van der Waals surface area contributed by atoms with E-state index in [4.69, 9.17) is 0 Å². The Morgan fingerprint density at radius 2 is 1.95 bits per heavy atom. The second-order valence-corrected chi connectivity index (χ2v) is 5.31. The van der Waals surface area contributed by atoms with Crippen molar-refractivity contribution in [2.75, 3.05) is 5.32 Å². The van der Waals surface area contributed by atoms with Gasteiger partial charge in [-0.2, -0.15) is 0 Å². The quantitative estimate of drug-likeness (QED) is 0.840. The normalized spacial score (nSPS) is 14.4. The van der Waals surface area contributed by atoms with E-state index in [-0.39, 0.29) is 5.82 Å². The van der Waals surface area contributed by atoms with Gasteiger partial charge in [0.15, 0.2) is 0 Å². The molecule has 0 saturated heterocycles. The number of hydrogen-bond acceptors (Lipinski definition) is 1. The van der Waals surface area contributed by atoms with Crippen molar-refractivity contribution in [2.45, 2.75) is 32.2 Å². The Hall–Kier alpha value is -1.83. The van der Waals surface area contributed by atoms with Gasteiger partial charge in [-0.3, -0.25) is 0 Å². The van der Waals surface area contributed by atoms with Gasteiger partial charge in [-0.15, -0.1) is 0 Å². The molecule has 3 rings (SSSR count). The molecule has 0 aromatic heterocycles. The molecular formula is C17H18FN. The third-order valence-corrected chi connectivity index (χ3v) is 3.67. The Bertz CT molecular complexity index is 588. The van der Waals surface area contributed by atoms with E-state index in [0.717, 1.165) is 11.5 Å². The second kappa shape index (κ2) is 5.04. The molecule has 0 atom stereocenters. The van der Waals surface area contributed by atoms with E-state index >= 15 is 0 Å². The summed E-state index contributed by atoms with van der Waals surface area (Å²) < 4.78 is 13.8. The van der Waals surface area contributed by atoms with Gasteiger partial charge < -0.3 is 5.32 Å². The molecule has 0 radical (unpaired) electrons. The van der Waals surface area contributed by atoms with E-state index in [2.05, 4.69) is 23.5 Å². The first-order valence-corrected chi connectivity index (χ1v) is 6.82. The van der Waals surface area contributed by atoms with Crippen molar-refractivity contribution >= 4 is 5.69 Å². The van der Waals surface area contributed by atoms with Crippen LogP contribution in [0.5, 0.6) is 0 Å². The minimum Gasteiger partial charge on any atom is -0.379 e. The molecule has 2 aromatic rings. The number of nitrogens with one attached hydrogen (secondary N) is 1. The smallest absolute Gasteiger partial charge is 0.146 e. The maximum absolute atomic E-state index is 13.8. The Balaban J connectivity index is 1.75. The Morgan fingerprint density at radius 1 is 1.16 bits per heavy atom. The van der Waals surface area contributed by atoms with E-state index < -0.39 is 0 Å². The first-order valence-electron chi connectivity index (χ1n) is 6.82. The number of aryl methyl sites for hydroxylation is 1. The van der Waals surface area contributed by atoms with Crippen LogP contribution >= 0.6 is 0 Å². The molecular weight excluding hydrogens is 237 g/mol. The predicted molar refractivity (Wildman–Crippen MR) is 76.9 cm³/mol. The summed E-state index contributed by atoms with van der Waals surface area (Å²) in [5.41, 5.74) is 4.23. The lowest BCUT2D eigenvalue weighted by molar-refractivity contribution is 0.629. The minimum atomic E-state index is -0.177. The first kappa shape index (κ1) is 12.2. The molecule has 1 aliphatic carbocycles. The molecule has 2 heteroatoms. The van der Waals surface area contributed by atoms with Crippen molar-refractivity contribution < 1.29 is 4.39 Å². The summed E-state index contributed by atoms with van der Waals surface area (Å²) >= 11 is 0. The van der Waals surface area contributed by atoms with Gasteiger partial charge in [0.1, 0.15) is 5.82 Å². The first-order chi connectivity index (χ1) is 9.24. The highest BCUT2D eigenvalue weighted by atomic mass is 19.1. The van der Waals surface area contributed by atoms with Crippen LogP contribution in [0.3, 0.4) is 0 Å². The summed E-state index contributed by atoms with van der Waals surface area (Å²) in [5, 5.41) is 3.20. The molecule has 0 unspecified atom stereocenters. The van der Waals surface area contributed by atoms with Crippen LogP contribution in [0.1, 0.15) is 35.4 Å². The fourth-order valence-electron chi connectivity index (χ4n) is 2.44. The van der Waals surface area contributed by atoms with Gasteiger partial charge >= 0.3 is 0 Å². The SMILES string of the molecule is Cc1ccc(NCc2ccccc2C2CC2)c(F)c1. The number of anilines is 1. The van der Waals surface area contributed by atoms with Gasteiger partial charge in [-0.05, 0) is 54.5 Å². The molecule has 0 aliphatic heterocycles. The van der Waals surface area contributed by atoms with Crippen LogP contribution in [-0.4, -0.2) is 0 Å². The Labute approximate surface area is 113 Å². The lowest BCUT2D eigenvalue weighted by Crippen LogP contribution is -2.04. The van der Waals surface area contributed by atoms with Crippen LogP contribution in [0.25, 0.3) is 0 Å². The lowest BCUT2D eigenvalue weighted by atomic mass is 10.0. The van der Waals surface area contributed by atoms with Gasteiger partial charge in [-0.25, -0.2) is 4.39 Å². The van der Waals surface area contributed by atoms with Crippen molar-refractivity contribution in [3.05, 3.63) is 65.0 Å². The molecule has 1 nitrogen and oxygen atoms in total. The molecule has 19 heavy (non-hydrogen) atoms. The summed E-state index contributed by atoms with van der Waals surface area (Å²) in [6, 6.07) is 13.8. The number of hydrogen-bond donors (Lipinski definition) is 1. The maximum atomic E-state index is 13.8. The summed E-state index contributed by atoms with van der Waals surface area (Å²) in [5.74, 6) is 0.546. The second-order valence-electron chi connectivity index (χ2n) is 5.31. The molecule has 0 spiro atoms. The summed E-state index contributed by atoms with van der Waals surface area (Å²) in [6.45, 7) is 2.59. The fraction of sp³-hybridized carbons (Fsp3) is 0.294. The van der Waals surface area contributed by atoms with Gasteiger partial charge in [0.05, 0.1) is 5.69 Å². The van der Waals surface area contributed by atoms with Crippen LogP contribution in [0, 0.1) is 12.7 Å². The van der Waals surface area contributed by atoms with Crippen molar-refractivity contribution in [3.8, 4) is 0 Å². The van der Waals surface area contributed by atoms with Crippen LogP contribution < -0.4 is 5.32 Å². The molecule has 0 heterocycles. The van der Waals surface area contributed by atoms with Crippen LogP contribution in [0.4, 0.5) is 10.1 Å². The monoisotopic (exact) mass is 255 g/mol. The maximum Gasteiger partial charge on any atom is 0.146 e. The highest BCUT2D eigenvalue weighted by molar-refractivity contribution is 5.47. The van der Waals surface area contributed by atoms with Crippen LogP contribution in [0.15, 0.2) is 42.5 Å². The van der Waals surface area contributed by atoms with Gasteiger partial charge in [-0.1, -0.05) is 30.3 Å². The van der Waals surface area contributed by atoms with Gasteiger partial charge in [0.2, 0.25) is 0 Å². The van der Waals surface area contributed by atoms with Gasteiger partial charge in [0.25, 0.3) is 0 Å². The molecule has 2 aromatic carbocycles. The van der Waals surface area contributed by atoms with Gasteiger partial charge in [0, 0.05) is 6.54 Å². The number of halogens is 1. The molecule has 0 bridgehead atoms. The van der Waals surface area contributed by atoms with Crippen molar-refractivity contribution in [1.82, 2.24) is 0 Å². The van der Waals surface area contributed by atoms with E-state index in [1.807, 2.05) is 25.1 Å². The summed E-state index contributed by atoms with van der Waals surface area (Å²) in [4.78, 5) is 0. The molecule has 0 amide bonds. The van der Waals surface area contributed by atoms with E-state index in [9.17, 15) is 4.39 Å². The third-order valence-electron chi connectivity index (χ3n) is 3.67. The highest BCUT2D eigenvalue weighted by Gasteiger charge is 2.25. The zero-order valence-electron chi connectivity index (χ0n) is 11.1. The third kappa shape index (κ3) is 2.78. The molecule has 1 fully saturated rings. The van der Waals surface area contributed by atoms with E-state index in [0.29, 0.717) is 12.2 Å². The van der Waals surface area contributed by atoms with Crippen molar-refractivity contribution in [3.63, 3.8) is 0 Å². The van der Waals surface area contributed by atoms with Crippen molar-refractivity contribution in [2.24, 2.45) is 0 Å². The largest absolute Gasteiger partial charge is 0.379 e. The summed E-state index contributed by atoms with van der Waals surface area (Å²) in [6.07, 6.45) is 2.58. The van der Waals surface area contributed by atoms with E-state index in [1.165, 1.54) is 24.0 Å². The Morgan fingerprint density at radius 3 is 2.68 bits per heavy atom. The standard InChI is InChI=1S/C17H18FN/c1-12-6-9-17(16(18)10-12)19-11-14-4-2-3-5-15(14)13-7-8-13/h2-6,9-10,13,19H,7-8,11H2,1H3.